The van der Waals surface area contributed by atoms with Gasteiger partial charge in [0.2, 0.25) is 0 Å². The third kappa shape index (κ3) is 1.98. The lowest BCUT2D eigenvalue weighted by molar-refractivity contribution is 0.152. The molecule has 0 bridgehead atoms. The average Bonchev–Trinajstić information content (AvgIpc) is 2.39. The van der Waals surface area contributed by atoms with Crippen molar-refractivity contribution in [3.05, 3.63) is 71.3 Å². The predicted octanol–water partition coefficient (Wildman–Crippen LogP) is 3.13. The largest absolute Gasteiger partial charge is 0.393 e. The van der Waals surface area contributed by atoms with Crippen molar-refractivity contribution in [1.29, 1.82) is 0 Å². The number of aliphatic hydroxyl groups is 1. The van der Waals surface area contributed by atoms with Crippen LogP contribution in [0.5, 0.6) is 0 Å². The standard InChI is InChI=1S/C16H16O/c17-14-10-13-8-4-5-9-15(13)16(11-14)12-6-2-1-3-7-12/h1-9,14,16-17H,10-11H2. The zero-order valence-corrected chi connectivity index (χ0v) is 9.71. The summed E-state index contributed by atoms with van der Waals surface area (Å²) < 4.78 is 0. The average molecular weight is 224 g/mol. The van der Waals surface area contributed by atoms with Crippen molar-refractivity contribution in [3.63, 3.8) is 0 Å². The molecule has 1 heteroatoms. The summed E-state index contributed by atoms with van der Waals surface area (Å²) in [4.78, 5) is 0. The molecule has 0 fully saturated rings. The summed E-state index contributed by atoms with van der Waals surface area (Å²) in [6.45, 7) is 0. The van der Waals surface area contributed by atoms with Crippen LogP contribution in [-0.4, -0.2) is 11.2 Å². The van der Waals surface area contributed by atoms with Crippen molar-refractivity contribution >= 4 is 0 Å². The summed E-state index contributed by atoms with van der Waals surface area (Å²) in [5, 5.41) is 9.99. The first-order valence-corrected chi connectivity index (χ1v) is 6.15. The topological polar surface area (TPSA) is 20.2 Å². The van der Waals surface area contributed by atoms with Gasteiger partial charge in [-0.1, -0.05) is 54.6 Å². The molecule has 0 aliphatic heterocycles. The van der Waals surface area contributed by atoms with Gasteiger partial charge in [0.25, 0.3) is 0 Å². The Morgan fingerprint density at radius 2 is 1.59 bits per heavy atom. The summed E-state index contributed by atoms with van der Waals surface area (Å²) in [6, 6.07) is 18.9. The van der Waals surface area contributed by atoms with Gasteiger partial charge in [-0.05, 0) is 29.5 Å². The van der Waals surface area contributed by atoms with E-state index in [4.69, 9.17) is 0 Å². The maximum atomic E-state index is 9.99. The summed E-state index contributed by atoms with van der Waals surface area (Å²) in [5.41, 5.74) is 3.97. The van der Waals surface area contributed by atoms with E-state index in [0.717, 1.165) is 12.8 Å². The second-order valence-electron chi connectivity index (χ2n) is 4.76. The van der Waals surface area contributed by atoms with Gasteiger partial charge in [-0.3, -0.25) is 0 Å². The van der Waals surface area contributed by atoms with Crippen LogP contribution in [0.4, 0.5) is 0 Å². The quantitative estimate of drug-likeness (QED) is 0.789. The van der Waals surface area contributed by atoms with Crippen molar-refractivity contribution in [2.24, 2.45) is 0 Å². The van der Waals surface area contributed by atoms with E-state index in [1.807, 2.05) is 6.07 Å². The smallest absolute Gasteiger partial charge is 0.0589 e. The van der Waals surface area contributed by atoms with E-state index in [1.165, 1.54) is 16.7 Å². The SMILES string of the molecule is OC1Cc2ccccc2C(c2ccccc2)C1. The molecule has 0 radical (unpaired) electrons. The summed E-state index contributed by atoms with van der Waals surface area (Å²) >= 11 is 0. The number of hydrogen-bond donors (Lipinski definition) is 1. The fourth-order valence-electron chi connectivity index (χ4n) is 2.80. The van der Waals surface area contributed by atoms with E-state index in [1.54, 1.807) is 0 Å². The molecule has 0 heterocycles. The molecule has 0 aromatic heterocycles. The van der Waals surface area contributed by atoms with Crippen molar-refractivity contribution in [2.45, 2.75) is 24.9 Å². The normalized spacial score (nSPS) is 23.1. The molecular formula is C16H16O. The minimum atomic E-state index is -0.213. The Balaban J connectivity index is 2.07. The molecule has 1 aliphatic rings. The zero-order chi connectivity index (χ0) is 11.7. The molecule has 17 heavy (non-hydrogen) atoms. The van der Waals surface area contributed by atoms with Crippen molar-refractivity contribution < 1.29 is 5.11 Å². The number of fused-ring (bicyclic) bond motifs is 1. The molecule has 2 aromatic rings. The zero-order valence-electron chi connectivity index (χ0n) is 9.71. The molecule has 0 spiro atoms. The maximum absolute atomic E-state index is 9.99. The molecule has 0 saturated carbocycles. The summed E-state index contributed by atoms with van der Waals surface area (Å²) in [6.07, 6.45) is 1.41. The van der Waals surface area contributed by atoms with Crippen LogP contribution in [0.3, 0.4) is 0 Å². The molecule has 0 amide bonds. The van der Waals surface area contributed by atoms with Gasteiger partial charge in [-0.25, -0.2) is 0 Å². The van der Waals surface area contributed by atoms with Crippen LogP contribution in [0.15, 0.2) is 54.6 Å². The van der Waals surface area contributed by atoms with Gasteiger partial charge in [0.15, 0.2) is 0 Å². The lowest BCUT2D eigenvalue weighted by Crippen LogP contribution is -2.23. The molecular weight excluding hydrogens is 208 g/mol. The molecule has 3 rings (SSSR count). The lowest BCUT2D eigenvalue weighted by Gasteiger charge is -2.29. The Morgan fingerprint density at radius 1 is 0.882 bits per heavy atom. The molecule has 86 valence electrons. The van der Waals surface area contributed by atoms with Crippen LogP contribution in [0, 0.1) is 0 Å². The van der Waals surface area contributed by atoms with E-state index in [0.29, 0.717) is 5.92 Å². The van der Waals surface area contributed by atoms with Gasteiger partial charge in [-0.2, -0.15) is 0 Å². The second-order valence-corrected chi connectivity index (χ2v) is 4.76. The fourth-order valence-corrected chi connectivity index (χ4v) is 2.80. The number of hydrogen-bond acceptors (Lipinski definition) is 1. The Hall–Kier alpha value is -1.60. The predicted molar refractivity (Wildman–Crippen MR) is 69.1 cm³/mol. The van der Waals surface area contributed by atoms with E-state index >= 15 is 0 Å². The first-order chi connectivity index (χ1) is 8.34. The van der Waals surface area contributed by atoms with Crippen molar-refractivity contribution in [2.75, 3.05) is 0 Å². The van der Waals surface area contributed by atoms with Crippen LogP contribution in [0.2, 0.25) is 0 Å². The van der Waals surface area contributed by atoms with Crippen LogP contribution in [-0.2, 0) is 6.42 Å². The van der Waals surface area contributed by atoms with Crippen LogP contribution >= 0.6 is 0 Å². The highest BCUT2D eigenvalue weighted by Crippen LogP contribution is 2.36. The van der Waals surface area contributed by atoms with E-state index in [-0.39, 0.29) is 6.10 Å². The van der Waals surface area contributed by atoms with Gasteiger partial charge in [0.05, 0.1) is 6.10 Å². The third-order valence-electron chi connectivity index (χ3n) is 3.60. The second kappa shape index (κ2) is 4.34. The minimum absolute atomic E-state index is 0.213. The molecule has 1 aliphatic carbocycles. The monoisotopic (exact) mass is 224 g/mol. The Labute approximate surface area is 102 Å². The molecule has 2 unspecified atom stereocenters. The first-order valence-electron chi connectivity index (χ1n) is 6.15. The van der Waals surface area contributed by atoms with E-state index in [2.05, 4.69) is 48.5 Å². The molecule has 0 saturated heterocycles. The van der Waals surface area contributed by atoms with E-state index in [9.17, 15) is 5.11 Å². The van der Waals surface area contributed by atoms with Gasteiger partial charge in [-0.15, -0.1) is 0 Å². The fraction of sp³-hybridized carbons (Fsp3) is 0.250. The highest BCUT2D eigenvalue weighted by Gasteiger charge is 2.26. The molecule has 2 aromatic carbocycles. The van der Waals surface area contributed by atoms with Gasteiger partial charge in [0, 0.05) is 5.92 Å². The van der Waals surface area contributed by atoms with Gasteiger partial charge < -0.3 is 5.11 Å². The molecule has 1 N–H and O–H groups in total. The number of aliphatic hydroxyl groups excluding tert-OH is 1. The minimum Gasteiger partial charge on any atom is -0.393 e. The van der Waals surface area contributed by atoms with Crippen LogP contribution in [0.25, 0.3) is 0 Å². The number of benzene rings is 2. The van der Waals surface area contributed by atoms with Crippen molar-refractivity contribution in [3.8, 4) is 0 Å². The first kappa shape index (κ1) is 10.5. The highest BCUT2D eigenvalue weighted by atomic mass is 16.3. The van der Waals surface area contributed by atoms with Crippen LogP contribution in [0.1, 0.15) is 29.0 Å². The number of rotatable bonds is 1. The van der Waals surface area contributed by atoms with E-state index < -0.39 is 0 Å². The lowest BCUT2D eigenvalue weighted by atomic mass is 9.78. The van der Waals surface area contributed by atoms with Crippen LogP contribution < -0.4 is 0 Å². The molecule has 1 nitrogen and oxygen atoms in total. The Bertz CT molecular complexity index is 504. The maximum Gasteiger partial charge on any atom is 0.0589 e. The van der Waals surface area contributed by atoms with Gasteiger partial charge >= 0.3 is 0 Å². The molecule has 2 atom stereocenters. The summed E-state index contributed by atoms with van der Waals surface area (Å²) in [5.74, 6) is 0.344. The highest BCUT2D eigenvalue weighted by molar-refractivity contribution is 5.40. The third-order valence-corrected chi connectivity index (χ3v) is 3.60. The summed E-state index contributed by atoms with van der Waals surface area (Å²) in [7, 11) is 0. The Kier molecular flexibility index (Phi) is 2.69. The van der Waals surface area contributed by atoms with Gasteiger partial charge in [0.1, 0.15) is 0 Å². The Morgan fingerprint density at radius 3 is 2.41 bits per heavy atom. The van der Waals surface area contributed by atoms with Crippen molar-refractivity contribution in [1.82, 2.24) is 0 Å².